The number of nitrogens with zero attached hydrogens (tertiary/aromatic N) is 1. The van der Waals surface area contributed by atoms with Crippen molar-refractivity contribution in [3.63, 3.8) is 0 Å². The molecule has 0 unspecified atom stereocenters. The molecule has 1 aliphatic heterocycles. The van der Waals surface area contributed by atoms with Crippen molar-refractivity contribution in [2.75, 3.05) is 19.6 Å². The molecule has 0 aromatic heterocycles. The van der Waals surface area contributed by atoms with Gasteiger partial charge in [0, 0.05) is 13.1 Å². The Kier molecular flexibility index (Phi) is 12.9. The van der Waals surface area contributed by atoms with E-state index in [0.717, 1.165) is 5.56 Å². The molecule has 1 heterocycles. The Morgan fingerprint density at radius 1 is 1.00 bits per heavy atom. The lowest BCUT2D eigenvalue weighted by atomic mass is 10.0. The molecule has 1 aromatic carbocycles. The van der Waals surface area contributed by atoms with Gasteiger partial charge in [0.2, 0.25) is 11.8 Å². The topological polar surface area (TPSA) is 174 Å². The number of carbonyl (C=O) groups is 5. The van der Waals surface area contributed by atoms with Gasteiger partial charge in [0.05, 0.1) is 12.6 Å². The van der Waals surface area contributed by atoms with Gasteiger partial charge >= 0.3 is 18.0 Å². The van der Waals surface area contributed by atoms with Crippen molar-refractivity contribution in [2.24, 2.45) is 0 Å². The minimum atomic E-state index is -1.09. The predicted octanol–water partition coefficient (Wildman–Crippen LogP) is 1.92. The molecule has 0 aliphatic carbocycles. The minimum Gasteiger partial charge on any atom is -0.480 e. The summed E-state index contributed by atoms with van der Waals surface area (Å²) in [5.41, 5.74) is 0.296. The zero-order chi connectivity index (χ0) is 29.7. The largest absolute Gasteiger partial charge is 0.480 e. The van der Waals surface area contributed by atoms with Crippen LogP contribution in [0.25, 0.3) is 0 Å². The van der Waals surface area contributed by atoms with E-state index in [9.17, 15) is 34.2 Å². The van der Waals surface area contributed by atoms with Gasteiger partial charge in [0.25, 0.3) is 0 Å². The fourth-order valence-corrected chi connectivity index (χ4v) is 4.47. The maximum Gasteiger partial charge on any atom is 0.408 e. The molecule has 0 bridgehead atoms. The molecule has 3 atom stereocenters. The van der Waals surface area contributed by atoms with Gasteiger partial charge < -0.3 is 30.5 Å². The molecular formula is C28H42N4O8. The smallest absolute Gasteiger partial charge is 0.408 e. The monoisotopic (exact) mass is 562 g/mol. The summed E-state index contributed by atoms with van der Waals surface area (Å²) in [6.07, 6.45) is 2.21. The molecule has 1 aromatic rings. The SMILES string of the molecule is CC(C)(C)OC(=O)NCC(=O)NCCCC[C@H](N[C@@H](CCc1ccccc1)C(=O)O)C(=O)N1CCC[C@H]1C(=O)O. The number of hydrogen-bond acceptors (Lipinski definition) is 7. The number of aryl methyl sites for hydroxylation is 1. The second kappa shape index (κ2) is 15.8. The molecule has 12 heteroatoms. The van der Waals surface area contributed by atoms with E-state index in [1.165, 1.54) is 4.90 Å². The molecule has 222 valence electrons. The summed E-state index contributed by atoms with van der Waals surface area (Å²) in [6, 6.07) is 6.61. The van der Waals surface area contributed by atoms with E-state index < -0.39 is 53.6 Å². The number of carboxylic acid groups (broad SMARTS) is 2. The van der Waals surface area contributed by atoms with Crippen LogP contribution in [0.15, 0.2) is 30.3 Å². The summed E-state index contributed by atoms with van der Waals surface area (Å²) < 4.78 is 5.08. The molecule has 5 N–H and O–H groups in total. The molecule has 0 spiro atoms. The lowest BCUT2D eigenvalue weighted by Gasteiger charge is -2.29. The molecular weight excluding hydrogens is 520 g/mol. The second-order valence-corrected chi connectivity index (χ2v) is 10.9. The van der Waals surface area contributed by atoms with E-state index in [-0.39, 0.29) is 25.9 Å². The number of aliphatic carboxylic acids is 2. The van der Waals surface area contributed by atoms with Gasteiger partial charge in [-0.25, -0.2) is 9.59 Å². The summed E-state index contributed by atoms with van der Waals surface area (Å²) >= 11 is 0. The van der Waals surface area contributed by atoms with E-state index in [4.69, 9.17) is 4.74 Å². The van der Waals surface area contributed by atoms with Crippen molar-refractivity contribution in [1.82, 2.24) is 20.9 Å². The number of rotatable bonds is 15. The van der Waals surface area contributed by atoms with E-state index in [1.807, 2.05) is 30.3 Å². The van der Waals surface area contributed by atoms with Crippen LogP contribution in [0, 0.1) is 0 Å². The predicted molar refractivity (Wildman–Crippen MR) is 147 cm³/mol. The Labute approximate surface area is 234 Å². The molecule has 1 aliphatic rings. The van der Waals surface area contributed by atoms with Crippen molar-refractivity contribution in [3.8, 4) is 0 Å². The van der Waals surface area contributed by atoms with Crippen molar-refractivity contribution in [1.29, 1.82) is 0 Å². The highest BCUT2D eigenvalue weighted by Crippen LogP contribution is 2.20. The van der Waals surface area contributed by atoms with E-state index >= 15 is 0 Å². The Bertz CT molecular complexity index is 1010. The van der Waals surface area contributed by atoms with Crippen LogP contribution in [0.5, 0.6) is 0 Å². The third kappa shape index (κ3) is 11.6. The van der Waals surface area contributed by atoms with Crippen LogP contribution >= 0.6 is 0 Å². The fraction of sp³-hybridized carbons (Fsp3) is 0.607. The third-order valence-electron chi connectivity index (χ3n) is 6.42. The van der Waals surface area contributed by atoms with Crippen LogP contribution in [0.2, 0.25) is 0 Å². The number of carbonyl (C=O) groups excluding carboxylic acids is 3. The van der Waals surface area contributed by atoms with Crippen molar-refractivity contribution in [3.05, 3.63) is 35.9 Å². The highest BCUT2D eigenvalue weighted by Gasteiger charge is 2.38. The number of likely N-dealkylation sites (tertiary alicyclic amines) is 1. The first-order valence-electron chi connectivity index (χ1n) is 13.7. The Morgan fingerprint density at radius 3 is 2.33 bits per heavy atom. The van der Waals surface area contributed by atoms with Crippen LogP contribution < -0.4 is 16.0 Å². The van der Waals surface area contributed by atoms with E-state index in [0.29, 0.717) is 38.6 Å². The lowest BCUT2D eigenvalue weighted by molar-refractivity contribution is -0.149. The zero-order valence-corrected chi connectivity index (χ0v) is 23.5. The molecule has 0 radical (unpaired) electrons. The average molecular weight is 563 g/mol. The van der Waals surface area contributed by atoms with Crippen LogP contribution in [0.3, 0.4) is 0 Å². The zero-order valence-electron chi connectivity index (χ0n) is 23.5. The Morgan fingerprint density at radius 2 is 1.70 bits per heavy atom. The molecule has 2 rings (SSSR count). The molecule has 1 saturated heterocycles. The van der Waals surface area contributed by atoms with E-state index in [1.54, 1.807) is 20.8 Å². The lowest BCUT2D eigenvalue weighted by Crippen LogP contribution is -2.54. The normalized spacial score (nSPS) is 16.6. The van der Waals surface area contributed by atoms with Crippen molar-refractivity contribution < 1.29 is 38.9 Å². The fourth-order valence-electron chi connectivity index (χ4n) is 4.47. The van der Waals surface area contributed by atoms with Gasteiger partial charge in [0.15, 0.2) is 0 Å². The maximum atomic E-state index is 13.4. The summed E-state index contributed by atoms with van der Waals surface area (Å²) in [5, 5.41) is 27.4. The number of amides is 3. The molecule has 1 fully saturated rings. The molecule has 40 heavy (non-hydrogen) atoms. The van der Waals surface area contributed by atoms with Crippen LogP contribution in [-0.4, -0.2) is 88.3 Å². The van der Waals surface area contributed by atoms with Gasteiger partial charge in [-0.1, -0.05) is 30.3 Å². The van der Waals surface area contributed by atoms with Gasteiger partial charge in [-0.3, -0.25) is 19.7 Å². The minimum absolute atomic E-state index is 0.245. The summed E-state index contributed by atoms with van der Waals surface area (Å²) in [7, 11) is 0. The number of nitrogens with one attached hydrogen (secondary N) is 3. The number of benzene rings is 1. The van der Waals surface area contributed by atoms with Crippen LogP contribution in [0.4, 0.5) is 4.79 Å². The van der Waals surface area contributed by atoms with Gasteiger partial charge in [-0.05, 0) is 71.3 Å². The van der Waals surface area contributed by atoms with E-state index in [2.05, 4.69) is 16.0 Å². The number of hydrogen-bond donors (Lipinski definition) is 5. The summed E-state index contributed by atoms with van der Waals surface area (Å²) in [6.45, 7) is 5.49. The van der Waals surface area contributed by atoms with Crippen molar-refractivity contribution >= 4 is 29.8 Å². The van der Waals surface area contributed by atoms with Crippen LogP contribution in [-0.2, 0) is 30.3 Å². The Hall–Kier alpha value is -3.67. The van der Waals surface area contributed by atoms with Gasteiger partial charge in [-0.15, -0.1) is 0 Å². The maximum absolute atomic E-state index is 13.4. The quantitative estimate of drug-likeness (QED) is 0.200. The van der Waals surface area contributed by atoms with Crippen molar-refractivity contribution in [2.45, 2.75) is 89.4 Å². The molecule has 0 saturated carbocycles. The van der Waals surface area contributed by atoms with Crippen LogP contribution in [0.1, 0.15) is 64.9 Å². The summed E-state index contributed by atoms with van der Waals surface area (Å²) in [4.78, 5) is 62.1. The second-order valence-electron chi connectivity index (χ2n) is 10.9. The Balaban J connectivity index is 1.93. The summed E-state index contributed by atoms with van der Waals surface area (Å²) in [5.74, 6) is -2.99. The first-order chi connectivity index (χ1) is 18.9. The highest BCUT2D eigenvalue weighted by molar-refractivity contribution is 5.88. The number of alkyl carbamates (subject to hydrolysis) is 1. The van der Waals surface area contributed by atoms with Gasteiger partial charge in [-0.2, -0.15) is 0 Å². The number of carboxylic acids is 2. The first kappa shape index (κ1) is 32.5. The number of ether oxygens (including phenoxy) is 1. The molecule has 12 nitrogen and oxygen atoms in total. The third-order valence-corrected chi connectivity index (χ3v) is 6.42. The number of unbranched alkanes of at least 4 members (excludes halogenated alkanes) is 1. The standard InChI is InChI=1S/C28H42N4O8/c1-28(2,3)40-27(39)30-18-23(33)29-16-8-7-12-20(24(34)32-17-9-13-22(32)26(37)38)31-21(25(35)36)15-14-19-10-5-4-6-11-19/h4-6,10-11,20-22,31H,7-9,12-18H2,1-3H3,(H,29,33)(H,30,39)(H,35,36)(H,37,38)/t20-,21-,22-/m0/s1. The average Bonchev–Trinajstić information content (AvgIpc) is 3.38. The molecule has 3 amide bonds. The highest BCUT2D eigenvalue weighted by atomic mass is 16.6. The van der Waals surface area contributed by atoms with Gasteiger partial charge in [0.1, 0.15) is 17.7 Å². The first-order valence-corrected chi connectivity index (χ1v) is 13.7.